The molecule has 0 aliphatic carbocycles. The molecule has 0 saturated carbocycles. The lowest BCUT2D eigenvalue weighted by atomic mass is 10.1. The Hall–Kier alpha value is -2.50. The van der Waals surface area contributed by atoms with Crippen molar-refractivity contribution >= 4 is 23.2 Å². The van der Waals surface area contributed by atoms with Crippen LogP contribution in [0.3, 0.4) is 0 Å². The molecule has 0 saturated heterocycles. The summed E-state index contributed by atoms with van der Waals surface area (Å²) < 4.78 is 10.8. The van der Waals surface area contributed by atoms with Gasteiger partial charge in [-0.3, -0.25) is 9.69 Å². The lowest BCUT2D eigenvalue weighted by molar-refractivity contribution is -0.120. The Balaban J connectivity index is 1.97. The molecule has 0 aliphatic heterocycles. The second-order valence-corrected chi connectivity index (χ2v) is 6.61. The number of ether oxygens (including phenoxy) is 2. The molecule has 0 aromatic heterocycles. The number of nitrogens with one attached hydrogen (secondary N) is 1. The van der Waals surface area contributed by atoms with Crippen molar-refractivity contribution < 1.29 is 14.3 Å². The molecule has 144 valence electrons. The third-order valence-corrected chi connectivity index (χ3v) is 4.42. The maximum Gasteiger partial charge on any atom is 0.241 e. The number of hydrogen-bond acceptors (Lipinski definition) is 4. The molecule has 0 aliphatic rings. The Bertz CT molecular complexity index is 777. The van der Waals surface area contributed by atoms with E-state index in [9.17, 15) is 4.79 Å². The van der Waals surface area contributed by atoms with Crippen LogP contribution < -0.4 is 14.8 Å². The van der Waals surface area contributed by atoms with E-state index in [4.69, 9.17) is 21.1 Å². The molecule has 0 bridgehead atoms. The number of likely N-dealkylation sites (N-methyl/N-ethyl adjacent to an activating group) is 1. The summed E-state index contributed by atoms with van der Waals surface area (Å²) in [5.74, 6) is 1.22. The number of nitrogens with zero attached hydrogens (tertiary/aromatic N) is 1. The van der Waals surface area contributed by atoms with Crippen molar-refractivity contribution in [2.75, 3.05) is 26.1 Å². The smallest absolute Gasteiger partial charge is 0.241 e. The van der Waals surface area contributed by atoms with Crippen molar-refractivity contribution in [3.05, 3.63) is 65.7 Å². The minimum Gasteiger partial charge on any atom is -0.495 e. The standard InChI is InChI=1S/C21H25ClN2O3/c1-5-12-27-18-9-6-16(7-10-18)14-24(3)15(2)21(25)23-19-13-17(22)8-11-20(19)26-4/h5-11,13,15H,1,12,14H2,2-4H3,(H,23,25)/t15-/m1/s1. The number of amides is 1. The first-order chi connectivity index (χ1) is 12.9. The lowest BCUT2D eigenvalue weighted by Gasteiger charge is -2.24. The molecule has 1 atom stereocenters. The average Bonchev–Trinajstić information content (AvgIpc) is 2.67. The summed E-state index contributed by atoms with van der Waals surface area (Å²) in [4.78, 5) is 14.6. The van der Waals surface area contributed by atoms with Crippen molar-refractivity contribution in [3.8, 4) is 11.5 Å². The van der Waals surface area contributed by atoms with Crippen LogP contribution in [-0.2, 0) is 11.3 Å². The first-order valence-electron chi connectivity index (χ1n) is 8.62. The van der Waals surface area contributed by atoms with Gasteiger partial charge in [0.2, 0.25) is 5.91 Å². The zero-order chi connectivity index (χ0) is 19.8. The first kappa shape index (κ1) is 20.8. The van der Waals surface area contributed by atoms with Gasteiger partial charge in [0.1, 0.15) is 18.1 Å². The molecule has 5 nitrogen and oxygen atoms in total. The Kier molecular flexibility index (Phi) is 7.70. The van der Waals surface area contributed by atoms with E-state index in [1.807, 2.05) is 43.1 Å². The van der Waals surface area contributed by atoms with Crippen LogP contribution in [0.1, 0.15) is 12.5 Å². The average molecular weight is 389 g/mol. The summed E-state index contributed by atoms with van der Waals surface area (Å²) in [6.45, 7) is 6.59. The molecule has 0 radical (unpaired) electrons. The van der Waals surface area contributed by atoms with Crippen LogP contribution in [0.2, 0.25) is 5.02 Å². The Morgan fingerprint density at radius 1 is 1.30 bits per heavy atom. The molecular formula is C21H25ClN2O3. The summed E-state index contributed by atoms with van der Waals surface area (Å²) in [6.07, 6.45) is 1.71. The number of halogens is 1. The zero-order valence-electron chi connectivity index (χ0n) is 15.9. The summed E-state index contributed by atoms with van der Waals surface area (Å²) in [5, 5.41) is 3.41. The fourth-order valence-electron chi connectivity index (χ4n) is 2.49. The van der Waals surface area contributed by atoms with Crippen LogP contribution in [0, 0.1) is 0 Å². The summed E-state index contributed by atoms with van der Waals surface area (Å²) >= 11 is 6.02. The number of methoxy groups -OCH3 is 1. The van der Waals surface area contributed by atoms with E-state index in [-0.39, 0.29) is 11.9 Å². The van der Waals surface area contributed by atoms with Crippen LogP contribution in [0.5, 0.6) is 11.5 Å². The van der Waals surface area contributed by atoms with Gasteiger partial charge < -0.3 is 14.8 Å². The molecule has 0 heterocycles. The molecule has 2 aromatic carbocycles. The van der Waals surface area contributed by atoms with E-state index < -0.39 is 0 Å². The number of anilines is 1. The first-order valence-corrected chi connectivity index (χ1v) is 8.99. The quantitative estimate of drug-likeness (QED) is 0.648. The van der Waals surface area contributed by atoms with E-state index in [0.29, 0.717) is 29.6 Å². The summed E-state index contributed by atoms with van der Waals surface area (Å²) in [5.41, 5.74) is 1.64. The van der Waals surface area contributed by atoms with E-state index in [2.05, 4.69) is 11.9 Å². The molecule has 2 aromatic rings. The monoisotopic (exact) mass is 388 g/mol. The highest BCUT2D eigenvalue weighted by Crippen LogP contribution is 2.28. The van der Waals surface area contributed by atoms with Crippen molar-refractivity contribution in [3.63, 3.8) is 0 Å². The Morgan fingerprint density at radius 3 is 2.63 bits per heavy atom. The van der Waals surface area contributed by atoms with Gasteiger partial charge in [0.05, 0.1) is 18.8 Å². The van der Waals surface area contributed by atoms with Crippen molar-refractivity contribution in [1.29, 1.82) is 0 Å². The second kappa shape index (κ2) is 10.00. The van der Waals surface area contributed by atoms with Crippen LogP contribution in [0.15, 0.2) is 55.1 Å². The number of hydrogen-bond donors (Lipinski definition) is 1. The van der Waals surface area contributed by atoms with Crippen molar-refractivity contribution in [2.24, 2.45) is 0 Å². The second-order valence-electron chi connectivity index (χ2n) is 6.17. The van der Waals surface area contributed by atoms with E-state index >= 15 is 0 Å². The number of carbonyl (C=O) groups excluding carboxylic acids is 1. The molecule has 6 heteroatoms. The summed E-state index contributed by atoms with van der Waals surface area (Å²) in [6, 6.07) is 12.6. The molecule has 0 unspecified atom stereocenters. The fourth-order valence-corrected chi connectivity index (χ4v) is 2.66. The SMILES string of the molecule is C=CCOc1ccc(CN(C)[C@H](C)C(=O)Nc2cc(Cl)ccc2OC)cc1. The number of rotatable bonds is 9. The lowest BCUT2D eigenvalue weighted by Crippen LogP contribution is -2.39. The Morgan fingerprint density at radius 2 is 2.00 bits per heavy atom. The zero-order valence-corrected chi connectivity index (χ0v) is 16.6. The fraction of sp³-hybridized carbons (Fsp3) is 0.286. The summed E-state index contributed by atoms with van der Waals surface area (Å²) in [7, 11) is 3.46. The highest BCUT2D eigenvalue weighted by Gasteiger charge is 2.19. The predicted octanol–water partition coefficient (Wildman–Crippen LogP) is 4.37. The van der Waals surface area contributed by atoms with Gasteiger partial charge in [-0.25, -0.2) is 0 Å². The van der Waals surface area contributed by atoms with Crippen molar-refractivity contribution in [2.45, 2.75) is 19.5 Å². The van der Waals surface area contributed by atoms with Gasteiger partial charge >= 0.3 is 0 Å². The van der Waals surface area contributed by atoms with Crippen LogP contribution in [-0.4, -0.2) is 37.6 Å². The van der Waals surface area contributed by atoms with Crippen LogP contribution in [0.4, 0.5) is 5.69 Å². The number of benzene rings is 2. The van der Waals surface area contributed by atoms with Crippen LogP contribution in [0.25, 0.3) is 0 Å². The minimum absolute atomic E-state index is 0.135. The van der Waals surface area contributed by atoms with Gasteiger partial charge in [-0.1, -0.05) is 36.4 Å². The minimum atomic E-state index is -0.342. The van der Waals surface area contributed by atoms with E-state index in [0.717, 1.165) is 11.3 Å². The highest BCUT2D eigenvalue weighted by molar-refractivity contribution is 6.31. The largest absolute Gasteiger partial charge is 0.495 e. The maximum atomic E-state index is 12.6. The molecule has 1 amide bonds. The third kappa shape index (κ3) is 6.01. The molecule has 1 N–H and O–H groups in total. The molecule has 0 fully saturated rings. The Labute approximate surface area is 165 Å². The third-order valence-electron chi connectivity index (χ3n) is 4.18. The normalized spacial score (nSPS) is 11.7. The van der Waals surface area contributed by atoms with E-state index in [1.54, 1.807) is 31.4 Å². The molecule has 27 heavy (non-hydrogen) atoms. The molecular weight excluding hydrogens is 364 g/mol. The van der Waals surface area contributed by atoms with Gasteiger partial charge in [-0.2, -0.15) is 0 Å². The molecule has 2 rings (SSSR count). The van der Waals surface area contributed by atoms with Gasteiger partial charge in [-0.05, 0) is 49.9 Å². The topological polar surface area (TPSA) is 50.8 Å². The molecule has 0 spiro atoms. The van der Waals surface area contributed by atoms with Gasteiger partial charge in [-0.15, -0.1) is 0 Å². The maximum absolute atomic E-state index is 12.6. The van der Waals surface area contributed by atoms with Crippen LogP contribution >= 0.6 is 11.6 Å². The van der Waals surface area contributed by atoms with Gasteiger partial charge in [0.25, 0.3) is 0 Å². The van der Waals surface area contributed by atoms with Gasteiger partial charge in [0.15, 0.2) is 0 Å². The predicted molar refractivity (Wildman–Crippen MR) is 110 cm³/mol. The van der Waals surface area contributed by atoms with Gasteiger partial charge in [0, 0.05) is 11.6 Å². The van der Waals surface area contributed by atoms with Crippen molar-refractivity contribution in [1.82, 2.24) is 4.90 Å². The van der Waals surface area contributed by atoms with E-state index in [1.165, 1.54) is 0 Å². The number of carbonyl (C=O) groups is 1. The highest BCUT2D eigenvalue weighted by atomic mass is 35.5.